The summed E-state index contributed by atoms with van der Waals surface area (Å²) >= 11 is 0. The average molecular weight is 209 g/mol. The second kappa shape index (κ2) is 4.94. The summed E-state index contributed by atoms with van der Waals surface area (Å²) in [5, 5.41) is 17.2. The van der Waals surface area contributed by atoms with E-state index in [1.807, 2.05) is 6.92 Å². The first-order chi connectivity index (χ1) is 7.13. The van der Waals surface area contributed by atoms with Crippen molar-refractivity contribution < 1.29 is 14.7 Å². The van der Waals surface area contributed by atoms with E-state index in [0.717, 1.165) is 24.1 Å². The van der Waals surface area contributed by atoms with Crippen LogP contribution in [0.25, 0.3) is 0 Å². The number of rotatable bonds is 4. The number of carboxylic acid groups (broad SMARTS) is 1. The van der Waals surface area contributed by atoms with E-state index in [1.54, 1.807) is 6.20 Å². The van der Waals surface area contributed by atoms with E-state index in [0.29, 0.717) is 5.82 Å². The smallest absolute Gasteiger partial charge is 0.328 e. The van der Waals surface area contributed by atoms with Crippen LogP contribution in [-0.2, 0) is 16.0 Å². The van der Waals surface area contributed by atoms with Crippen LogP contribution < -0.4 is 5.32 Å². The molecule has 3 N–H and O–H groups in total. The highest BCUT2D eigenvalue weighted by Gasteiger charge is 2.05. The molecule has 0 aromatic carbocycles. The molecule has 0 atom stereocenters. The number of aliphatic carboxylic acids is 1. The summed E-state index contributed by atoms with van der Waals surface area (Å²) in [6.07, 6.45) is 4.06. The van der Waals surface area contributed by atoms with E-state index < -0.39 is 11.9 Å². The second-order valence-electron chi connectivity index (χ2n) is 2.78. The molecule has 15 heavy (non-hydrogen) atoms. The molecule has 0 aliphatic heterocycles. The minimum atomic E-state index is -1.16. The van der Waals surface area contributed by atoms with Crippen molar-refractivity contribution in [3.8, 4) is 0 Å². The molecule has 6 nitrogen and oxygen atoms in total. The lowest BCUT2D eigenvalue weighted by Crippen LogP contribution is -2.10. The molecule has 0 radical (unpaired) electrons. The van der Waals surface area contributed by atoms with Gasteiger partial charge in [0.05, 0.1) is 6.20 Å². The average Bonchev–Trinajstić information content (AvgIpc) is 2.62. The summed E-state index contributed by atoms with van der Waals surface area (Å²) in [7, 11) is 0. The lowest BCUT2D eigenvalue weighted by molar-refractivity contribution is -0.131. The maximum absolute atomic E-state index is 11.2. The molecule has 0 fully saturated rings. The molecule has 0 unspecified atom stereocenters. The fraction of sp³-hybridized carbons (Fsp3) is 0.222. The molecule has 6 heteroatoms. The Morgan fingerprint density at radius 2 is 2.33 bits per heavy atom. The van der Waals surface area contributed by atoms with E-state index in [9.17, 15) is 9.59 Å². The molecule has 1 amide bonds. The van der Waals surface area contributed by atoms with Crippen molar-refractivity contribution in [1.29, 1.82) is 0 Å². The Labute approximate surface area is 86.0 Å². The number of H-pyrrole nitrogens is 1. The van der Waals surface area contributed by atoms with Crippen molar-refractivity contribution in [3.05, 3.63) is 23.9 Å². The molecule has 1 aromatic heterocycles. The predicted molar refractivity (Wildman–Crippen MR) is 53.4 cm³/mol. The second-order valence-corrected chi connectivity index (χ2v) is 2.78. The molecule has 0 aliphatic rings. The van der Waals surface area contributed by atoms with Gasteiger partial charge in [-0.3, -0.25) is 9.89 Å². The SMILES string of the molecule is CCc1cn[nH]c1NC(=O)/C=C\C(=O)O. The maximum Gasteiger partial charge on any atom is 0.328 e. The van der Waals surface area contributed by atoms with Crippen LogP contribution in [0.3, 0.4) is 0 Å². The third-order valence-corrected chi connectivity index (χ3v) is 1.72. The summed E-state index contributed by atoms with van der Waals surface area (Å²) in [4.78, 5) is 21.3. The zero-order valence-corrected chi connectivity index (χ0v) is 8.15. The number of aromatic nitrogens is 2. The van der Waals surface area contributed by atoms with E-state index in [2.05, 4.69) is 15.5 Å². The van der Waals surface area contributed by atoms with E-state index >= 15 is 0 Å². The summed E-state index contributed by atoms with van der Waals surface area (Å²) in [5.74, 6) is -1.17. The summed E-state index contributed by atoms with van der Waals surface area (Å²) < 4.78 is 0. The zero-order chi connectivity index (χ0) is 11.3. The highest BCUT2D eigenvalue weighted by molar-refractivity contribution is 6.02. The van der Waals surface area contributed by atoms with Gasteiger partial charge >= 0.3 is 5.97 Å². The largest absolute Gasteiger partial charge is 0.478 e. The van der Waals surface area contributed by atoms with Gasteiger partial charge in [0.2, 0.25) is 5.91 Å². The number of nitrogens with one attached hydrogen (secondary N) is 2. The standard InChI is InChI=1S/C9H11N3O3/c1-2-6-5-10-12-9(6)11-7(13)3-4-8(14)15/h3-5H,2H2,1H3,(H,14,15)(H2,10,11,12,13)/b4-3-. The first-order valence-corrected chi connectivity index (χ1v) is 4.37. The molecule has 0 spiro atoms. The number of hydrogen-bond donors (Lipinski definition) is 3. The zero-order valence-electron chi connectivity index (χ0n) is 8.15. The van der Waals surface area contributed by atoms with Gasteiger partial charge in [0.25, 0.3) is 0 Å². The van der Waals surface area contributed by atoms with Gasteiger partial charge < -0.3 is 10.4 Å². The van der Waals surface area contributed by atoms with Crippen molar-refractivity contribution in [2.45, 2.75) is 13.3 Å². The molecule has 1 heterocycles. The Bertz CT molecular complexity index is 395. The molecular weight excluding hydrogens is 198 g/mol. The Hall–Kier alpha value is -2.11. The summed E-state index contributed by atoms with van der Waals surface area (Å²) in [5.41, 5.74) is 0.868. The molecule has 1 rings (SSSR count). The lowest BCUT2D eigenvalue weighted by Gasteiger charge is -2.00. The number of nitrogens with zero attached hydrogens (tertiary/aromatic N) is 1. The van der Waals surface area contributed by atoms with Crippen molar-refractivity contribution >= 4 is 17.7 Å². The first-order valence-electron chi connectivity index (χ1n) is 4.37. The van der Waals surface area contributed by atoms with Crippen molar-refractivity contribution in [2.75, 3.05) is 5.32 Å². The highest BCUT2D eigenvalue weighted by atomic mass is 16.4. The Morgan fingerprint density at radius 3 is 2.93 bits per heavy atom. The number of carboxylic acids is 1. The number of carbonyl (C=O) groups is 2. The van der Waals surface area contributed by atoms with E-state index in [1.165, 1.54) is 0 Å². The van der Waals surface area contributed by atoms with Crippen molar-refractivity contribution in [2.24, 2.45) is 0 Å². The number of aromatic amines is 1. The Balaban J connectivity index is 2.62. The normalized spacial score (nSPS) is 10.5. The van der Waals surface area contributed by atoms with Crippen molar-refractivity contribution in [3.63, 3.8) is 0 Å². The van der Waals surface area contributed by atoms with Crippen LogP contribution in [0.2, 0.25) is 0 Å². The van der Waals surface area contributed by atoms with E-state index in [-0.39, 0.29) is 0 Å². The number of carbonyl (C=O) groups excluding carboxylic acids is 1. The fourth-order valence-electron chi connectivity index (χ4n) is 0.999. The Kier molecular flexibility index (Phi) is 3.61. The fourth-order valence-corrected chi connectivity index (χ4v) is 0.999. The van der Waals surface area contributed by atoms with Gasteiger partial charge in [-0.05, 0) is 6.42 Å². The van der Waals surface area contributed by atoms with Crippen LogP contribution in [0.1, 0.15) is 12.5 Å². The number of aryl methyl sites for hydroxylation is 1. The highest BCUT2D eigenvalue weighted by Crippen LogP contribution is 2.10. The van der Waals surface area contributed by atoms with Crippen LogP contribution in [0.4, 0.5) is 5.82 Å². The minimum Gasteiger partial charge on any atom is -0.478 e. The lowest BCUT2D eigenvalue weighted by atomic mass is 10.2. The van der Waals surface area contributed by atoms with Crippen LogP contribution in [0, 0.1) is 0 Å². The van der Waals surface area contributed by atoms with Gasteiger partial charge in [0, 0.05) is 17.7 Å². The first kappa shape index (κ1) is 11.0. The topological polar surface area (TPSA) is 95.1 Å². The maximum atomic E-state index is 11.2. The summed E-state index contributed by atoms with van der Waals surface area (Å²) in [6.45, 7) is 1.92. The third kappa shape index (κ3) is 3.26. The van der Waals surface area contributed by atoms with Crippen LogP contribution in [-0.4, -0.2) is 27.2 Å². The van der Waals surface area contributed by atoms with Gasteiger partial charge in [0.15, 0.2) is 0 Å². The number of hydrogen-bond acceptors (Lipinski definition) is 3. The van der Waals surface area contributed by atoms with Gasteiger partial charge in [-0.2, -0.15) is 5.10 Å². The number of anilines is 1. The number of amides is 1. The molecule has 0 aliphatic carbocycles. The minimum absolute atomic E-state index is 0.498. The van der Waals surface area contributed by atoms with Crippen LogP contribution in [0.15, 0.2) is 18.3 Å². The summed E-state index contributed by atoms with van der Waals surface area (Å²) in [6, 6.07) is 0. The van der Waals surface area contributed by atoms with Gasteiger partial charge in [-0.15, -0.1) is 0 Å². The molecule has 0 saturated carbocycles. The molecule has 0 bridgehead atoms. The molecule has 1 aromatic rings. The third-order valence-electron chi connectivity index (χ3n) is 1.72. The predicted octanol–water partition coefficient (Wildman–Crippen LogP) is 0.551. The van der Waals surface area contributed by atoms with Gasteiger partial charge in [-0.25, -0.2) is 4.79 Å². The van der Waals surface area contributed by atoms with Gasteiger partial charge in [0.1, 0.15) is 5.82 Å². The van der Waals surface area contributed by atoms with Crippen LogP contribution in [0.5, 0.6) is 0 Å². The quantitative estimate of drug-likeness (QED) is 0.631. The van der Waals surface area contributed by atoms with Crippen LogP contribution >= 0.6 is 0 Å². The van der Waals surface area contributed by atoms with Crippen molar-refractivity contribution in [1.82, 2.24) is 10.2 Å². The molecular formula is C9H11N3O3. The van der Waals surface area contributed by atoms with E-state index in [4.69, 9.17) is 5.11 Å². The van der Waals surface area contributed by atoms with Gasteiger partial charge in [-0.1, -0.05) is 6.92 Å². The molecule has 0 saturated heterocycles. The molecule has 80 valence electrons. The Morgan fingerprint density at radius 1 is 1.60 bits per heavy atom. The monoisotopic (exact) mass is 209 g/mol.